The number of rotatable bonds is 6. The molecule has 5 nitrogen and oxygen atoms in total. The smallest absolute Gasteiger partial charge is 0.191 e. The average Bonchev–Trinajstić information content (AvgIpc) is 3.02. The molecule has 3 rings (SSSR count). The second kappa shape index (κ2) is 11.9. The van der Waals surface area contributed by atoms with Gasteiger partial charge in [-0.2, -0.15) is 0 Å². The largest absolute Gasteiger partial charge is 0.352 e. The number of thiazole rings is 1. The van der Waals surface area contributed by atoms with Crippen LogP contribution in [0.5, 0.6) is 0 Å². The van der Waals surface area contributed by atoms with Gasteiger partial charge in [-0.3, -0.25) is 9.89 Å². The van der Waals surface area contributed by atoms with Crippen LogP contribution < -0.4 is 10.6 Å². The molecule has 0 saturated carbocycles. The molecular weight excluding hydrogens is 493 g/mol. The van der Waals surface area contributed by atoms with Crippen molar-refractivity contribution >= 4 is 41.3 Å². The van der Waals surface area contributed by atoms with Crippen LogP contribution in [-0.4, -0.2) is 36.0 Å². The quantitative estimate of drug-likeness (QED) is 0.331. The van der Waals surface area contributed by atoms with Crippen molar-refractivity contribution in [3.05, 3.63) is 51.0 Å². The number of aromatic nitrogens is 1. The molecule has 1 aliphatic rings. The maximum Gasteiger partial charge on any atom is 0.191 e. The molecule has 2 N–H and O–H groups in total. The number of halogens is 1. The second-order valence-electron chi connectivity index (χ2n) is 7.75. The number of hydrogen-bond donors (Lipinski definition) is 2. The molecule has 2 aromatic rings. The summed E-state index contributed by atoms with van der Waals surface area (Å²) in [6.07, 6.45) is 2.63. The Bertz CT molecular complexity index is 796. The zero-order valence-electron chi connectivity index (χ0n) is 18.0. The van der Waals surface area contributed by atoms with E-state index in [1.807, 2.05) is 14.0 Å². The molecule has 1 fully saturated rings. The number of aryl methyl sites for hydroxylation is 2. The molecule has 0 bridgehead atoms. The van der Waals surface area contributed by atoms with Gasteiger partial charge in [0.15, 0.2) is 5.96 Å². The Morgan fingerprint density at radius 3 is 2.41 bits per heavy atom. The van der Waals surface area contributed by atoms with Gasteiger partial charge in [-0.05, 0) is 56.8 Å². The number of likely N-dealkylation sites (tertiary alicyclic amines) is 1. The second-order valence-corrected chi connectivity index (χ2v) is 9.04. The SMILES string of the molecule is CN=C(NCc1ccccc1CN1CCC(C)CC1)NCc1sc(C)nc1C.I. The minimum absolute atomic E-state index is 0. The minimum atomic E-state index is 0. The van der Waals surface area contributed by atoms with Crippen LogP contribution in [-0.2, 0) is 19.6 Å². The third-order valence-electron chi connectivity index (χ3n) is 5.47. The fourth-order valence-electron chi connectivity index (χ4n) is 3.65. The molecule has 0 radical (unpaired) electrons. The van der Waals surface area contributed by atoms with Crippen LogP contribution in [0.2, 0.25) is 0 Å². The fourth-order valence-corrected chi connectivity index (χ4v) is 4.52. The van der Waals surface area contributed by atoms with Gasteiger partial charge in [0.2, 0.25) is 0 Å². The molecule has 160 valence electrons. The van der Waals surface area contributed by atoms with Crippen LogP contribution in [0.3, 0.4) is 0 Å². The number of guanidine groups is 1. The minimum Gasteiger partial charge on any atom is -0.352 e. The number of nitrogens with zero attached hydrogens (tertiary/aromatic N) is 3. The Morgan fingerprint density at radius 2 is 1.79 bits per heavy atom. The number of hydrogen-bond acceptors (Lipinski definition) is 4. The molecule has 1 saturated heterocycles. The highest BCUT2D eigenvalue weighted by Gasteiger charge is 2.16. The molecule has 0 aliphatic carbocycles. The van der Waals surface area contributed by atoms with Gasteiger partial charge in [0.05, 0.1) is 17.2 Å². The predicted molar refractivity (Wildman–Crippen MR) is 134 cm³/mol. The summed E-state index contributed by atoms with van der Waals surface area (Å²) < 4.78 is 0. The Morgan fingerprint density at radius 1 is 1.14 bits per heavy atom. The summed E-state index contributed by atoms with van der Waals surface area (Å²) in [7, 11) is 1.82. The van der Waals surface area contributed by atoms with Crippen LogP contribution in [0.4, 0.5) is 0 Å². The molecule has 0 amide bonds. The molecule has 2 heterocycles. The summed E-state index contributed by atoms with van der Waals surface area (Å²) in [5.74, 6) is 1.69. The van der Waals surface area contributed by atoms with Gasteiger partial charge in [-0.25, -0.2) is 4.98 Å². The lowest BCUT2D eigenvalue weighted by atomic mass is 9.98. The van der Waals surface area contributed by atoms with E-state index in [0.717, 1.165) is 42.2 Å². The number of benzene rings is 1. The molecule has 1 aromatic carbocycles. The van der Waals surface area contributed by atoms with E-state index in [1.165, 1.54) is 41.9 Å². The van der Waals surface area contributed by atoms with Crippen molar-refractivity contribution in [1.82, 2.24) is 20.5 Å². The first-order chi connectivity index (χ1) is 13.5. The predicted octanol–water partition coefficient (Wildman–Crippen LogP) is 4.48. The van der Waals surface area contributed by atoms with Crippen LogP contribution in [0.25, 0.3) is 0 Å². The molecule has 7 heteroatoms. The van der Waals surface area contributed by atoms with E-state index in [2.05, 4.69) is 63.6 Å². The molecule has 1 aromatic heterocycles. The summed E-state index contributed by atoms with van der Waals surface area (Å²) in [5.41, 5.74) is 3.86. The normalized spacial score (nSPS) is 15.8. The van der Waals surface area contributed by atoms with Gasteiger partial charge in [0.25, 0.3) is 0 Å². The lowest BCUT2D eigenvalue weighted by Crippen LogP contribution is -2.37. The van der Waals surface area contributed by atoms with Gasteiger partial charge in [-0.15, -0.1) is 35.3 Å². The van der Waals surface area contributed by atoms with Crippen molar-refractivity contribution in [2.75, 3.05) is 20.1 Å². The van der Waals surface area contributed by atoms with Crippen molar-refractivity contribution in [3.63, 3.8) is 0 Å². The topological polar surface area (TPSA) is 52.6 Å². The van der Waals surface area contributed by atoms with Crippen molar-refractivity contribution < 1.29 is 0 Å². The molecule has 0 unspecified atom stereocenters. The van der Waals surface area contributed by atoms with E-state index in [-0.39, 0.29) is 24.0 Å². The van der Waals surface area contributed by atoms with Gasteiger partial charge in [0, 0.05) is 25.0 Å². The fraction of sp³-hybridized carbons (Fsp3) is 0.545. The average molecular weight is 528 g/mol. The first-order valence-corrected chi connectivity index (χ1v) is 11.0. The third kappa shape index (κ3) is 7.22. The number of piperidine rings is 1. The van der Waals surface area contributed by atoms with Gasteiger partial charge < -0.3 is 10.6 Å². The van der Waals surface area contributed by atoms with Crippen LogP contribution in [0.1, 0.15) is 46.5 Å². The maximum absolute atomic E-state index is 4.49. The monoisotopic (exact) mass is 527 g/mol. The highest BCUT2D eigenvalue weighted by atomic mass is 127. The number of nitrogens with one attached hydrogen (secondary N) is 2. The Labute approximate surface area is 196 Å². The van der Waals surface area contributed by atoms with E-state index in [1.54, 1.807) is 11.3 Å². The van der Waals surface area contributed by atoms with Crippen molar-refractivity contribution in [2.24, 2.45) is 10.9 Å². The first kappa shape index (κ1) is 24.1. The summed E-state index contributed by atoms with van der Waals surface area (Å²) in [4.78, 5) is 12.7. The van der Waals surface area contributed by atoms with Gasteiger partial charge in [-0.1, -0.05) is 31.2 Å². The molecule has 29 heavy (non-hydrogen) atoms. The van der Waals surface area contributed by atoms with E-state index in [4.69, 9.17) is 0 Å². The van der Waals surface area contributed by atoms with Crippen molar-refractivity contribution in [2.45, 2.75) is 53.2 Å². The Balaban J connectivity index is 0.00000300. The van der Waals surface area contributed by atoms with E-state index >= 15 is 0 Å². The maximum atomic E-state index is 4.49. The zero-order chi connectivity index (χ0) is 19.9. The Kier molecular flexibility index (Phi) is 9.85. The van der Waals surface area contributed by atoms with Crippen molar-refractivity contribution in [1.29, 1.82) is 0 Å². The molecule has 1 aliphatic heterocycles. The summed E-state index contributed by atoms with van der Waals surface area (Å²) in [5, 5.41) is 8.00. The van der Waals surface area contributed by atoms with Crippen molar-refractivity contribution in [3.8, 4) is 0 Å². The van der Waals surface area contributed by atoms with E-state index in [9.17, 15) is 0 Å². The molecule has 0 atom stereocenters. The standard InChI is InChI=1S/C22H33N5S.HI/c1-16-9-11-27(12-10-16)15-20-8-6-5-7-19(20)13-24-22(23-4)25-14-21-17(2)26-18(3)28-21;/h5-8,16H,9-15H2,1-4H3,(H2,23,24,25);1H. The highest BCUT2D eigenvalue weighted by Crippen LogP contribution is 2.20. The zero-order valence-corrected chi connectivity index (χ0v) is 21.1. The summed E-state index contributed by atoms with van der Waals surface area (Å²) in [6, 6.07) is 8.75. The Hall–Kier alpha value is -1.19. The summed E-state index contributed by atoms with van der Waals surface area (Å²) in [6.45, 7) is 11.5. The lowest BCUT2D eigenvalue weighted by Gasteiger charge is -2.30. The van der Waals surface area contributed by atoms with E-state index in [0.29, 0.717) is 0 Å². The first-order valence-electron chi connectivity index (χ1n) is 10.2. The summed E-state index contributed by atoms with van der Waals surface area (Å²) >= 11 is 1.74. The highest BCUT2D eigenvalue weighted by molar-refractivity contribution is 14.0. The number of aliphatic imine (C=N–C) groups is 1. The van der Waals surface area contributed by atoms with Crippen LogP contribution >= 0.6 is 35.3 Å². The van der Waals surface area contributed by atoms with Crippen LogP contribution in [0, 0.1) is 19.8 Å². The lowest BCUT2D eigenvalue weighted by molar-refractivity contribution is 0.185. The van der Waals surface area contributed by atoms with Gasteiger partial charge >= 0.3 is 0 Å². The molecular formula is C22H34IN5S. The van der Waals surface area contributed by atoms with E-state index < -0.39 is 0 Å². The molecule has 0 spiro atoms. The van der Waals surface area contributed by atoms with Gasteiger partial charge in [0.1, 0.15) is 0 Å². The van der Waals surface area contributed by atoms with Crippen LogP contribution in [0.15, 0.2) is 29.3 Å². The third-order valence-corrected chi connectivity index (χ3v) is 6.55.